The first-order valence-corrected chi connectivity index (χ1v) is 12.9. The van der Waals surface area contributed by atoms with Crippen LogP contribution < -0.4 is 9.44 Å². The largest absolute Gasteiger partial charge is 0.234 e. The zero-order valence-electron chi connectivity index (χ0n) is 17.3. The van der Waals surface area contributed by atoms with Crippen LogP contribution in [0.15, 0.2) is 95.7 Å². The van der Waals surface area contributed by atoms with Gasteiger partial charge in [0.15, 0.2) is 0 Å². The molecule has 8 heteroatoms. The Morgan fingerprint density at radius 1 is 0.562 bits per heavy atom. The van der Waals surface area contributed by atoms with Crippen LogP contribution in [0.1, 0.15) is 22.3 Å². The molecule has 3 aromatic carbocycles. The first kappa shape index (κ1) is 23.6. The molecule has 0 aromatic heterocycles. The fraction of sp³-hybridized carbons (Fsp3) is 0.0833. The minimum atomic E-state index is -3.61. The van der Waals surface area contributed by atoms with E-state index in [1.165, 1.54) is 12.2 Å². The van der Waals surface area contributed by atoms with Crippen LogP contribution in [-0.2, 0) is 33.1 Å². The molecule has 2 N–H and O–H groups in total. The van der Waals surface area contributed by atoms with E-state index >= 15 is 0 Å². The Morgan fingerprint density at radius 3 is 1.38 bits per heavy atom. The summed E-state index contributed by atoms with van der Waals surface area (Å²) in [5.74, 6) is 0. The molecule has 3 aromatic rings. The van der Waals surface area contributed by atoms with E-state index in [4.69, 9.17) is 0 Å². The van der Waals surface area contributed by atoms with Gasteiger partial charge < -0.3 is 0 Å². The molecule has 32 heavy (non-hydrogen) atoms. The van der Waals surface area contributed by atoms with E-state index in [-0.39, 0.29) is 13.1 Å². The van der Waals surface area contributed by atoms with Gasteiger partial charge in [-0.15, -0.1) is 0 Å². The molecule has 6 nitrogen and oxygen atoms in total. The smallest absolute Gasteiger partial charge is 0.208 e. The second kappa shape index (κ2) is 11.0. The van der Waals surface area contributed by atoms with Crippen molar-refractivity contribution in [2.75, 3.05) is 0 Å². The van der Waals surface area contributed by atoms with E-state index < -0.39 is 20.0 Å². The summed E-state index contributed by atoms with van der Waals surface area (Å²) in [7, 11) is -7.22. The summed E-state index contributed by atoms with van der Waals surface area (Å²) in [6, 6.07) is 25.3. The Hall–Kier alpha value is -3.04. The fourth-order valence-electron chi connectivity index (χ4n) is 2.78. The third kappa shape index (κ3) is 8.24. The van der Waals surface area contributed by atoms with Crippen LogP contribution in [0.25, 0.3) is 12.2 Å². The molecule has 0 fully saturated rings. The predicted molar refractivity (Wildman–Crippen MR) is 129 cm³/mol. The highest BCUT2D eigenvalue weighted by Gasteiger charge is 2.08. The second-order valence-corrected chi connectivity index (χ2v) is 10.3. The van der Waals surface area contributed by atoms with E-state index in [0.717, 1.165) is 33.1 Å². The predicted octanol–water partition coefficient (Wildman–Crippen LogP) is 3.87. The molecule has 166 valence electrons. The standard InChI is InChI=1S/C24H24N2O4S2/c27-31(28,16-14-21-8-3-1-4-9-21)25-19-23-12-7-13-24(18-23)20-26-32(29,30)17-15-22-10-5-2-6-11-22/h1-18,25-26H,19-20H2/b16-14+,17-15+. The van der Waals surface area contributed by atoms with E-state index in [1.807, 2.05) is 60.7 Å². The van der Waals surface area contributed by atoms with Gasteiger partial charge in [0.25, 0.3) is 0 Å². The molecule has 0 aliphatic carbocycles. The lowest BCUT2D eigenvalue weighted by molar-refractivity contribution is 0.590. The zero-order chi connectivity index (χ0) is 22.9. The van der Waals surface area contributed by atoms with E-state index in [0.29, 0.717) is 0 Å². The summed E-state index contributed by atoms with van der Waals surface area (Å²) in [4.78, 5) is 0. The van der Waals surface area contributed by atoms with Gasteiger partial charge in [-0.3, -0.25) is 0 Å². The number of hydrogen-bond donors (Lipinski definition) is 2. The van der Waals surface area contributed by atoms with E-state index in [2.05, 4.69) is 9.44 Å². The Balaban J connectivity index is 1.56. The van der Waals surface area contributed by atoms with Crippen molar-refractivity contribution in [1.29, 1.82) is 0 Å². The third-order valence-electron chi connectivity index (χ3n) is 4.42. The number of hydrogen-bond acceptors (Lipinski definition) is 4. The molecule has 0 atom stereocenters. The SMILES string of the molecule is O=S(=O)(/C=C/c1ccccc1)NCc1cccc(CNS(=O)(=O)/C=C/c2ccccc2)c1. The third-order valence-corrected chi connectivity index (χ3v) is 6.51. The van der Waals surface area contributed by atoms with Crippen molar-refractivity contribution in [3.8, 4) is 0 Å². The first-order valence-electron chi connectivity index (χ1n) is 9.85. The van der Waals surface area contributed by atoms with Crippen molar-refractivity contribution < 1.29 is 16.8 Å². The first-order chi connectivity index (χ1) is 15.3. The maximum atomic E-state index is 12.2. The lowest BCUT2D eigenvalue weighted by Crippen LogP contribution is -2.22. The molecule has 0 aliphatic rings. The summed E-state index contributed by atoms with van der Waals surface area (Å²) in [6.07, 6.45) is 3.05. The van der Waals surface area contributed by atoms with Gasteiger partial charge in [0, 0.05) is 23.9 Å². The molecule has 0 spiro atoms. The van der Waals surface area contributed by atoms with Gasteiger partial charge in [0.2, 0.25) is 20.0 Å². The summed E-state index contributed by atoms with van der Waals surface area (Å²) in [5, 5.41) is 2.25. The Labute approximate surface area is 189 Å². The van der Waals surface area contributed by atoms with Crippen molar-refractivity contribution >= 4 is 32.2 Å². The van der Waals surface area contributed by atoms with Crippen LogP contribution in [0, 0.1) is 0 Å². The number of rotatable bonds is 10. The van der Waals surface area contributed by atoms with Crippen molar-refractivity contribution in [2.24, 2.45) is 0 Å². The summed E-state index contributed by atoms with van der Waals surface area (Å²) in [6.45, 7) is 0.186. The molecule has 0 unspecified atom stereocenters. The quantitative estimate of drug-likeness (QED) is 0.473. The highest BCUT2D eigenvalue weighted by Crippen LogP contribution is 2.09. The van der Waals surface area contributed by atoms with Crippen molar-refractivity contribution in [3.63, 3.8) is 0 Å². The van der Waals surface area contributed by atoms with Crippen LogP contribution in [-0.4, -0.2) is 16.8 Å². The lowest BCUT2D eigenvalue weighted by Gasteiger charge is -2.07. The maximum Gasteiger partial charge on any atom is 0.234 e. The summed E-state index contributed by atoms with van der Waals surface area (Å²) >= 11 is 0. The molecule has 0 heterocycles. The van der Waals surface area contributed by atoms with E-state index in [1.54, 1.807) is 24.3 Å². The lowest BCUT2D eigenvalue weighted by atomic mass is 10.1. The van der Waals surface area contributed by atoms with Gasteiger partial charge in [-0.2, -0.15) is 0 Å². The van der Waals surface area contributed by atoms with Crippen molar-refractivity contribution in [1.82, 2.24) is 9.44 Å². The molecular weight excluding hydrogens is 444 g/mol. The van der Waals surface area contributed by atoms with Gasteiger partial charge in [0.1, 0.15) is 0 Å². The maximum absolute atomic E-state index is 12.2. The number of benzene rings is 3. The van der Waals surface area contributed by atoms with Crippen LogP contribution in [0.3, 0.4) is 0 Å². The highest BCUT2D eigenvalue weighted by atomic mass is 32.2. The molecule has 0 radical (unpaired) electrons. The molecule has 0 bridgehead atoms. The normalized spacial score (nSPS) is 12.5. The van der Waals surface area contributed by atoms with Crippen LogP contribution in [0.2, 0.25) is 0 Å². The van der Waals surface area contributed by atoms with Gasteiger partial charge >= 0.3 is 0 Å². The van der Waals surface area contributed by atoms with E-state index in [9.17, 15) is 16.8 Å². The Bertz CT molecular complexity index is 1190. The average molecular weight is 469 g/mol. The van der Waals surface area contributed by atoms with Crippen molar-refractivity contribution in [3.05, 3.63) is 118 Å². The van der Waals surface area contributed by atoms with Gasteiger partial charge in [0.05, 0.1) is 0 Å². The van der Waals surface area contributed by atoms with Crippen LogP contribution in [0.4, 0.5) is 0 Å². The van der Waals surface area contributed by atoms with Crippen LogP contribution >= 0.6 is 0 Å². The molecule has 0 amide bonds. The fourth-order valence-corrected chi connectivity index (χ4v) is 4.38. The molecule has 3 rings (SSSR count). The van der Waals surface area contributed by atoms with Gasteiger partial charge in [-0.25, -0.2) is 26.3 Å². The Morgan fingerprint density at radius 2 is 0.969 bits per heavy atom. The van der Waals surface area contributed by atoms with Crippen molar-refractivity contribution in [2.45, 2.75) is 13.1 Å². The number of sulfonamides is 2. The Kier molecular flexibility index (Phi) is 8.13. The summed E-state index contributed by atoms with van der Waals surface area (Å²) in [5.41, 5.74) is 3.01. The topological polar surface area (TPSA) is 92.3 Å². The van der Waals surface area contributed by atoms with Crippen LogP contribution in [0.5, 0.6) is 0 Å². The second-order valence-electron chi connectivity index (χ2n) is 6.98. The highest BCUT2D eigenvalue weighted by molar-refractivity contribution is 7.92. The monoisotopic (exact) mass is 468 g/mol. The minimum Gasteiger partial charge on any atom is -0.208 e. The van der Waals surface area contributed by atoms with Gasteiger partial charge in [-0.05, 0) is 34.4 Å². The molecule has 0 saturated heterocycles. The number of nitrogens with one attached hydrogen (secondary N) is 2. The molecule has 0 aliphatic heterocycles. The summed E-state index contributed by atoms with van der Waals surface area (Å²) < 4.78 is 53.9. The molecular formula is C24H24N2O4S2. The van der Waals surface area contributed by atoms with Gasteiger partial charge in [-0.1, -0.05) is 84.9 Å². The zero-order valence-corrected chi connectivity index (χ0v) is 18.9. The average Bonchev–Trinajstić information content (AvgIpc) is 2.81. The molecule has 0 saturated carbocycles. The minimum absolute atomic E-state index is 0.0932.